The van der Waals surface area contributed by atoms with Gasteiger partial charge < -0.3 is 5.32 Å². The molecule has 0 aliphatic rings. The van der Waals surface area contributed by atoms with E-state index in [2.05, 4.69) is 25.8 Å². The number of carbonyl (C=O) groups excluding carboxylic acids is 1. The van der Waals surface area contributed by atoms with Crippen molar-refractivity contribution in [1.82, 2.24) is 30.5 Å². The van der Waals surface area contributed by atoms with Crippen LogP contribution >= 0.6 is 11.6 Å². The van der Waals surface area contributed by atoms with Crippen LogP contribution < -0.4 is 5.32 Å². The van der Waals surface area contributed by atoms with Gasteiger partial charge in [-0.3, -0.25) is 9.78 Å². The average Bonchev–Trinajstić information content (AvgIpc) is 3.10. The minimum atomic E-state index is -0.219. The maximum absolute atomic E-state index is 12.4. The van der Waals surface area contributed by atoms with Gasteiger partial charge >= 0.3 is 0 Å². The number of rotatable bonds is 5. The molecular weight excluding hydrogens is 316 g/mol. The van der Waals surface area contributed by atoms with Crippen molar-refractivity contribution in [3.63, 3.8) is 0 Å². The lowest BCUT2D eigenvalue weighted by Gasteiger charge is -2.10. The predicted molar refractivity (Wildman–Crippen MR) is 84.4 cm³/mol. The number of tetrazole rings is 1. The van der Waals surface area contributed by atoms with Crippen molar-refractivity contribution in [3.8, 4) is 5.69 Å². The molecule has 0 aliphatic carbocycles. The first kappa shape index (κ1) is 15.1. The van der Waals surface area contributed by atoms with Gasteiger partial charge in [-0.2, -0.15) is 4.68 Å². The van der Waals surface area contributed by atoms with E-state index in [4.69, 9.17) is 11.6 Å². The van der Waals surface area contributed by atoms with Gasteiger partial charge in [0.2, 0.25) is 0 Å². The Kier molecular flexibility index (Phi) is 4.58. The highest BCUT2D eigenvalue weighted by Gasteiger charge is 2.14. The summed E-state index contributed by atoms with van der Waals surface area (Å²) in [6, 6.07) is 10.6. The highest BCUT2D eigenvalue weighted by Crippen LogP contribution is 2.19. The molecule has 0 radical (unpaired) electrons. The van der Waals surface area contributed by atoms with Crippen molar-refractivity contribution < 1.29 is 4.79 Å². The molecule has 0 bridgehead atoms. The SMILES string of the molecule is O=C(NCCc1ccccn1)c1ccc(Cl)cc1-n1cnnn1. The molecule has 3 aromatic rings. The lowest BCUT2D eigenvalue weighted by Crippen LogP contribution is -2.27. The zero-order valence-electron chi connectivity index (χ0n) is 12.1. The number of aromatic nitrogens is 5. The molecular formula is C15H13ClN6O. The van der Waals surface area contributed by atoms with Gasteiger partial charge in [0.1, 0.15) is 6.33 Å². The summed E-state index contributed by atoms with van der Waals surface area (Å²) in [5.74, 6) is -0.219. The van der Waals surface area contributed by atoms with Crippen molar-refractivity contribution in [2.45, 2.75) is 6.42 Å². The van der Waals surface area contributed by atoms with Crippen molar-refractivity contribution in [3.05, 3.63) is 65.2 Å². The summed E-state index contributed by atoms with van der Waals surface area (Å²) in [7, 11) is 0. The molecule has 1 N–H and O–H groups in total. The smallest absolute Gasteiger partial charge is 0.253 e. The Morgan fingerprint density at radius 3 is 2.91 bits per heavy atom. The van der Waals surface area contributed by atoms with Crippen molar-refractivity contribution in [2.24, 2.45) is 0 Å². The number of amides is 1. The second kappa shape index (κ2) is 6.97. The minimum absolute atomic E-state index is 0.219. The van der Waals surface area contributed by atoms with Gasteiger partial charge in [-0.05, 0) is 40.8 Å². The third-order valence-electron chi connectivity index (χ3n) is 3.19. The fourth-order valence-corrected chi connectivity index (χ4v) is 2.27. The second-order valence-corrected chi connectivity index (χ2v) is 5.18. The van der Waals surface area contributed by atoms with Gasteiger partial charge in [0, 0.05) is 29.9 Å². The lowest BCUT2D eigenvalue weighted by molar-refractivity contribution is 0.0954. The Bertz CT molecular complexity index is 791. The molecule has 0 unspecified atom stereocenters. The van der Waals surface area contributed by atoms with Gasteiger partial charge in [-0.15, -0.1) is 5.10 Å². The molecule has 8 heteroatoms. The quantitative estimate of drug-likeness (QED) is 0.770. The second-order valence-electron chi connectivity index (χ2n) is 4.74. The van der Waals surface area contributed by atoms with E-state index in [0.717, 1.165) is 5.69 Å². The molecule has 1 amide bonds. The number of hydrogen-bond donors (Lipinski definition) is 1. The molecule has 1 aromatic carbocycles. The number of carbonyl (C=O) groups is 1. The molecule has 0 saturated heterocycles. The van der Waals surface area contributed by atoms with Gasteiger partial charge in [-0.1, -0.05) is 17.7 Å². The third-order valence-corrected chi connectivity index (χ3v) is 3.43. The summed E-state index contributed by atoms with van der Waals surface area (Å²) in [5, 5.41) is 14.3. The molecule has 116 valence electrons. The first-order valence-corrected chi connectivity index (χ1v) is 7.33. The molecule has 7 nitrogen and oxygen atoms in total. The van der Waals surface area contributed by atoms with Crippen LogP contribution in [0.5, 0.6) is 0 Å². The molecule has 23 heavy (non-hydrogen) atoms. The number of hydrogen-bond acceptors (Lipinski definition) is 5. The number of benzene rings is 1. The summed E-state index contributed by atoms with van der Waals surface area (Å²) in [4.78, 5) is 16.6. The largest absolute Gasteiger partial charge is 0.352 e. The molecule has 0 atom stereocenters. The van der Waals surface area contributed by atoms with Crippen molar-refractivity contribution in [1.29, 1.82) is 0 Å². The van der Waals surface area contributed by atoms with Crippen LogP contribution in [0.25, 0.3) is 5.69 Å². The van der Waals surface area contributed by atoms with Crippen LogP contribution in [0.1, 0.15) is 16.1 Å². The van der Waals surface area contributed by atoms with Gasteiger partial charge in [0.05, 0.1) is 11.3 Å². The summed E-state index contributed by atoms with van der Waals surface area (Å²) < 4.78 is 1.40. The van der Waals surface area contributed by atoms with E-state index in [-0.39, 0.29) is 5.91 Å². The zero-order chi connectivity index (χ0) is 16.1. The molecule has 2 heterocycles. The monoisotopic (exact) mass is 328 g/mol. The van der Waals surface area contributed by atoms with Crippen molar-refractivity contribution >= 4 is 17.5 Å². The van der Waals surface area contributed by atoms with Crippen LogP contribution in [0, 0.1) is 0 Å². The highest BCUT2D eigenvalue weighted by atomic mass is 35.5. The van der Waals surface area contributed by atoms with Crippen LogP contribution in [0.15, 0.2) is 48.9 Å². The van der Waals surface area contributed by atoms with E-state index in [1.165, 1.54) is 11.0 Å². The maximum atomic E-state index is 12.4. The Balaban J connectivity index is 1.72. The van der Waals surface area contributed by atoms with E-state index < -0.39 is 0 Å². The van der Waals surface area contributed by atoms with Crippen LogP contribution in [0.4, 0.5) is 0 Å². The predicted octanol–water partition coefficient (Wildman–Crippen LogP) is 1.68. The van der Waals surface area contributed by atoms with E-state index >= 15 is 0 Å². The molecule has 0 spiro atoms. The first-order valence-electron chi connectivity index (χ1n) is 6.95. The van der Waals surface area contributed by atoms with E-state index in [1.807, 2.05) is 18.2 Å². The molecule has 0 aliphatic heterocycles. The maximum Gasteiger partial charge on any atom is 0.253 e. The Hall–Kier alpha value is -2.80. The summed E-state index contributed by atoms with van der Waals surface area (Å²) in [6.07, 6.45) is 3.79. The van der Waals surface area contributed by atoms with E-state index in [9.17, 15) is 4.79 Å². The summed E-state index contributed by atoms with van der Waals surface area (Å²) in [5.41, 5.74) is 1.89. The third kappa shape index (κ3) is 3.70. The highest BCUT2D eigenvalue weighted by molar-refractivity contribution is 6.31. The Labute approximate surface area is 137 Å². The summed E-state index contributed by atoms with van der Waals surface area (Å²) >= 11 is 6.00. The number of nitrogens with one attached hydrogen (secondary N) is 1. The van der Waals surface area contributed by atoms with Gasteiger partial charge in [0.15, 0.2) is 0 Å². The Morgan fingerprint density at radius 2 is 2.17 bits per heavy atom. The number of pyridine rings is 1. The minimum Gasteiger partial charge on any atom is -0.352 e. The van der Waals surface area contributed by atoms with Crippen LogP contribution in [0.3, 0.4) is 0 Å². The van der Waals surface area contributed by atoms with Gasteiger partial charge in [0.25, 0.3) is 5.91 Å². The summed E-state index contributed by atoms with van der Waals surface area (Å²) in [6.45, 7) is 0.480. The number of nitrogens with zero attached hydrogens (tertiary/aromatic N) is 5. The average molecular weight is 329 g/mol. The van der Waals surface area contributed by atoms with Crippen LogP contribution in [-0.4, -0.2) is 37.6 Å². The van der Waals surface area contributed by atoms with Gasteiger partial charge in [-0.25, -0.2) is 0 Å². The lowest BCUT2D eigenvalue weighted by atomic mass is 10.1. The van der Waals surface area contributed by atoms with Crippen molar-refractivity contribution in [2.75, 3.05) is 6.54 Å². The standard InChI is InChI=1S/C15H13ClN6O/c16-11-4-5-13(14(9-11)22-10-19-20-21-22)15(23)18-8-6-12-3-1-2-7-17-12/h1-5,7,9-10H,6,8H2,(H,18,23). The van der Waals surface area contributed by atoms with Crippen LogP contribution in [0.2, 0.25) is 5.02 Å². The normalized spacial score (nSPS) is 10.5. The number of halogens is 1. The fraction of sp³-hybridized carbons (Fsp3) is 0.133. The topological polar surface area (TPSA) is 85.6 Å². The van der Waals surface area contributed by atoms with Crippen LogP contribution in [-0.2, 0) is 6.42 Å². The molecule has 2 aromatic heterocycles. The Morgan fingerprint density at radius 1 is 1.26 bits per heavy atom. The van der Waals surface area contributed by atoms with E-state index in [1.54, 1.807) is 24.4 Å². The first-order chi connectivity index (χ1) is 11.2. The fourth-order valence-electron chi connectivity index (χ4n) is 2.10. The molecule has 3 rings (SSSR count). The zero-order valence-corrected chi connectivity index (χ0v) is 12.8. The van der Waals surface area contributed by atoms with E-state index in [0.29, 0.717) is 29.2 Å². The molecule has 0 fully saturated rings. The molecule has 0 saturated carbocycles.